The summed E-state index contributed by atoms with van der Waals surface area (Å²) < 4.78 is 0. The second-order valence-corrected chi connectivity index (χ2v) is 5.10. The summed E-state index contributed by atoms with van der Waals surface area (Å²) >= 11 is 0. The molecule has 0 bridgehead atoms. The Morgan fingerprint density at radius 1 is 1.24 bits per heavy atom. The van der Waals surface area contributed by atoms with E-state index in [1.54, 1.807) is 0 Å². The molecule has 0 aromatic carbocycles. The van der Waals surface area contributed by atoms with Crippen molar-refractivity contribution < 1.29 is 0 Å². The molecule has 1 aromatic heterocycles. The highest BCUT2D eigenvalue weighted by molar-refractivity contribution is 4.92. The van der Waals surface area contributed by atoms with Gasteiger partial charge in [0.05, 0.1) is 6.54 Å². The Labute approximate surface area is 102 Å². The van der Waals surface area contributed by atoms with E-state index in [-0.39, 0.29) is 0 Å². The molecule has 3 rings (SSSR count). The first-order chi connectivity index (χ1) is 8.42. The van der Waals surface area contributed by atoms with Gasteiger partial charge in [-0.2, -0.15) is 0 Å². The third-order valence-corrected chi connectivity index (χ3v) is 3.99. The molecule has 2 aliphatic rings. The van der Waals surface area contributed by atoms with Crippen molar-refractivity contribution in [3.8, 4) is 0 Å². The lowest BCUT2D eigenvalue weighted by Crippen LogP contribution is -2.45. The Bertz CT molecular complexity index is 354. The van der Waals surface area contributed by atoms with Gasteiger partial charge in [0.2, 0.25) is 0 Å². The average Bonchev–Trinajstić information content (AvgIpc) is 2.85. The van der Waals surface area contributed by atoms with Crippen LogP contribution in [0.4, 0.5) is 0 Å². The summed E-state index contributed by atoms with van der Waals surface area (Å²) in [6, 6.07) is 3.34. The van der Waals surface area contributed by atoms with Crippen LogP contribution in [0.2, 0.25) is 0 Å². The number of nitrogens with one attached hydrogen (secondary N) is 1. The normalized spacial score (nSPS) is 29.2. The van der Waals surface area contributed by atoms with Crippen LogP contribution in [0, 0.1) is 0 Å². The minimum Gasteiger partial charge on any atom is -0.307 e. The van der Waals surface area contributed by atoms with Gasteiger partial charge >= 0.3 is 0 Å². The quantitative estimate of drug-likeness (QED) is 0.850. The molecule has 2 atom stereocenters. The van der Waals surface area contributed by atoms with Gasteiger partial charge in [-0.05, 0) is 44.8 Å². The van der Waals surface area contributed by atoms with E-state index in [1.807, 2.05) is 18.5 Å². The van der Waals surface area contributed by atoms with E-state index in [1.165, 1.54) is 38.8 Å². The van der Waals surface area contributed by atoms with Gasteiger partial charge in [0.25, 0.3) is 0 Å². The maximum Gasteiger partial charge on any atom is 0.141 e. The number of fused-ring (bicyclic) bond motifs is 1. The number of hydrogen-bond donors (Lipinski definition) is 1. The zero-order valence-electron chi connectivity index (χ0n) is 10.2. The van der Waals surface area contributed by atoms with Gasteiger partial charge in [-0.1, -0.05) is 0 Å². The van der Waals surface area contributed by atoms with Crippen molar-refractivity contribution in [2.24, 2.45) is 0 Å². The molecule has 3 heterocycles. The smallest absolute Gasteiger partial charge is 0.141 e. The molecule has 0 radical (unpaired) electrons. The predicted octanol–water partition coefficient (Wildman–Crippen LogP) is 1.19. The molecule has 2 fully saturated rings. The van der Waals surface area contributed by atoms with Crippen molar-refractivity contribution in [1.82, 2.24) is 20.2 Å². The largest absolute Gasteiger partial charge is 0.307 e. The summed E-state index contributed by atoms with van der Waals surface area (Å²) in [6.45, 7) is 3.38. The fourth-order valence-electron chi connectivity index (χ4n) is 3.07. The van der Waals surface area contributed by atoms with Crippen LogP contribution in [-0.4, -0.2) is 40.0 Å². The van der Waals surface area contributed by atoms with Crippen LogP contribution in [0.25, 0.3) is 0 Å². The second-order valence-electron chi connectivity index (χ2n) is 5.10. The van der Waals surface area contributed by atoms with E-state index >= 15 is 0 Å². The Kier molecular flexibility index (Phi) is 3.34. The average molecular weight is 232 g/mol. The SMILES string of the molecule is c1cnc(CNC2CCN3CCCC3C2)nc1. The molecule has 2 aliphatic heterocycles. The minimum absolute atomic E-state index is 0.651. The van der Waals surface area contributed by atoms with Crippen molar-refractivity contribution in [2.45, 2.75) is 44.3 Å². The lowest BCUT2D eigenvalue weighted by molar-refractivity contribution is 0.166. The van der Waals surface area contributed by atoms with Gasteiger partial charge in [0.15, 0.2) is 0 Å². The summed E-state index contributed by atoms with van der Waals surface area (Å²) in [5, 5.41) is 3.60. The molecule has 1 aromatic rings. The molecule has 0 aliphatic carbocycles. The Morgan fingerprint density at radius 2 is 2.12 bits per heavy atom. The maximum absolute atomic E-state index is 4.25. The van der Waals surface area contributed by atoms with Crippen LogP contribution in [-0.2, 0) is 6.54 Å². The number of rotatable bonds is 3. The zero-order valence-corrected chi connectivity index (χ0v) is 10.2. The Morgan fingerprint density at radius 3 is 3.00 bits per heavy atom. The number of hydrogen-bond acceptors (Lipinski definition) is 4. The molecule has 0 spiro atoms. The van der Waals surface area contributed by atoms with Crippen LogP contribution in [0.1, 0.15) is 31.5 Å². The molecular weight excluding hydrogens is 212 g/mol. The first kappa shape index (κ1) is 11.1. The summed E-state index contributed by atoms with van der Waals surface area (Å²) in [4.78, 5) is 11.1. The molecule has 0 saturated carbocycles. The topological polar surface area (TPSA) is 41.1 Å². The molecule has 1 N–H and O–H groups in total. The van der Waals surface area contributed by atoms with E-state index in [2.05, 4.69) is 20.2 Å². The van der Waals surface area contributed by atoms with Crippen LogP contribution < -0.4 is 5.32 Å². The van der Waals surface area contributed by atoms with Crippen LogP contribution in [0.5, 0.6) is 0 Å². The molecule has 0 amide bonds. The van der Waals surface area contributed by atoms with Gasteiger partial charge in [-0.25, -0.2) is 9.97 Å². The predicted molar refractivity (Wildman–Crippen MR) is 66.5 cm³/mol. The van der Waals surface area contributed by atoms with Gasteiger partial charge in [-0.3, -0.25) is 0 Å². The lowest BCUT2D eigenvalue weighted by atomic mass is 9.97. The van der Waals surface area contributed by atoms with E-state index in [0.717, 1.165) is 18.4 Å². The van der Waals surface area contributed by atoms with Gasteiger partial charge in [0.1, 0.15) is 5.82 Å². The van der Waals surface area contributed by atoms with Crippen molar-refractivity contribution in [3.05, 3.63) is 24.3 Å². The summed E-state index contributed by atoms with van der Waals surface area (Å²) in [6.07, 6.45) is 8.96. The fourth-order valence-corrected chi connectivity index (χ4v) is 3.07. The van der Waals surface area contributed by atoms with Crippen LogP contribution in [0.3, 0.4) is 0 Å². The summed E-state index contributed by atoms with van der Waals surface area (Å²) in [5.74, 6) is 0.904. The molecule has 2 saturated heterocycles. The van der Waals surface area contributed by atoms with Crippen molar-refractivity contribution in [3.63, 3.8) is 0 Å². The van der Waals surface area contributed by atoms with Crippen LogP contribution in [0.15, 0.2) is 18.5 Å². The third kappa shape index (κ3) is 2.64. The fraction of sp³-hybridized carbons (Fsp3) is 0.692. The van der Waals surface area contributed by atoms with E-state index in [9.17, 15) is 0 Å². The summed E-state index contributed by atoms with van der Waals surface area (Å²) in [5.41, 5.74) is 0. The highest BCUT2D eigenvalue weighted by Crippen LogP contribution is 2.26. The second kappa shape index (κ2) is 5.10. The van der Waals surface area contributed by atoms with Gasteiger partial charge in [-0.15, -0.1) is 0 Å². The zero-order chi connectivity index (χ0) is 11.5. The van der Waals surface area contributed by atoms with E-state index < -0.39 is 0 Å². The monoisotopic (exact) mass is 232 g/mol. The third-order valence-electron chi connectivity index (χ3n) is 3.99. The Hall–Kier alpha value is -1.00. The molecule has 4 heteroatoms. The standard InChI is InChI=1S/C13H20N4/c1-3-12-9-11(4-8-17(12)7-1)16-10-13-14-5-2-6-15-13/h2,5-6,11-12,16H,1,3-4,7-10H2. The number of aromatic nitrogens is 2. The molecule has 2 unspecified atom stereocenters. The summed E-state index contributed by atoms with van der Waals surface area (Å²) in [7, 11) is 0. The lowest BCUT2D eigenvalue weighted by Gasteiger charge is -2.35. The van der Waals surface area contributed by atoms with E-state index in [4.69, 9.17) is 0 Å². The van der Waals surface area contributed by atoms with Gasteiger partial charge < -0.3 is 10.2 Å². The van der Waals surface area contributed by atoms with Crippen molar-refractivity contribution in [2.75, 3.05) is 13.1 Å². The first-order valence-corrected chi connectivity index (χ1v) is 6.65. The highest BCUT2D eigenvalue weighted by Gasteiger charge is 2.31. The molecule has 4 nitrogen and oxygen atoms in total. The van der Waals surface area contributed by atoms with Gasteiger partial charge in [0, 0.05) is 24.5 Å². The Balaban J connectivity index is 1.50. The van der Waals surface area contributed by atoms with Crippen molar-refractivity contribution in [1.29, 1.82) is 0 Å². The highest BCUT2D eigenvalue weighted by atomic mass is 15.2. The minimum atomic E-state index is 0.651. The number of nitrogens with zero attached hydrogens (tertiary/aromatic N) is 3. The molecule has 17 heavy (non-hydrogen) atoms. The van der Waals surface area contributed by atoms with E-state index in [0.29, 0.717) is 6.04 Å². The first-order valence-electron chi connectivity index (χ1n) is 6.65. The number of piperidine rings is 1. The molecule has 92 valence electrons. The molecular formula is C13H20N4. The maximum atomic E-state index is 4.25. The van der Waals surface area contributed by atoms with Crippen molar-refractivity contribution >= 4 is 0 Å². The van der Waals surface area contributed by atoms with Crippen LogP contribution >= 0.6 is 0 Å².